The number of fused-ring (bicyclic) bond motifs is 1. The van der Waals surface area contributed by atoms with Crippen molar-refractivity contribution in [2.75, 3.05) is 64.3 Å². The number of aromatic nitrogens is 3. The third-order valence-electron chi connectivity index (χ3n) is 7.16. The zero-order valence-corrected chi connectivity index (χ0v) is 18.0. The minimum Gasteiger partial charge on any atom is -0.352 e. The number of hydrogen-bond acceptors (Lipinski definition) is 6. The minimum absolute atomic E-state index is 0.172. The van der Waals surface area contributed by atoms with Gasteiger partial charge in [0.2, 0.25) is 5.91 Å². The van der Waals surface area contributed by atoms with Crippen LogP contribution >= 0.6 is 0 Å². The number of nitrogens with zero attached hydrogens (tertiary/aromatic N) is 7. The number of imidazole rings is 1. The summed E-state index contributed by atoms with van der Waals surface area (Å²) in [6.45, 7) is 7.72. The second kappa shape index (κ2) is 8.51. The first-order valence-electron chi connectivity index (χ1n) is 11.4. The van der Waals surface area contributed by atoms with Gasteiger partial charge in [-0.15, -0.1) is 5.10 Å². The van der Waals surface area contributed by atoms with Crippen LogP contribution in [0.3, 0.4) is 0 Å². The van der Waals surface area contributed by atoms with Gasteiger partial charge in [-0.05, 0) is 64.5 Å². The molecule has 1 unspecified atom stereocenters. The number of piperazine rings is 1. The van der Waals surface area contributed by atoms with Crippen molar-refractivity contribution in [2.45, 2.75) is 31.7 Å². The quantitative estimate of drug-likeness (QED) is 0.756. The number of piperidine rings is 2. The van der Waals surface area contributed by atoms with Crippen molar-refractivity contribution in [1.29, 1.82) is 0 Å². The van der Waals surface area contributed by atoms with E-state index in [2.05, 4.69) is 36.7 Å². The van der Waals surface area contributed by atoms with Crippen LogP contribution in [0.15, 0.2) is 24.5 Å². The van der Waals surface area contributed by atoms with Gasteiger partial charge in [0.15, 0.2) is 5.65 Å². The van der Waals surface area contributed by atoms with Crippen molar-refractivity contribution in [3.8, 4) is 0 Å². The Morgan fingerprint density at radius 1 is 1.00 bits per heavy atom. The lowest BCUT2D eigenvalue weighted by molar-refractivity contribution is -0.138. The van der Waals surface area contributed by atoms with Gasteiger partial charge in [0.25, 0.3) is 0 Å². The summed E-state index contributed by atoms with van der Waals surface area (Å²) < 4.78 is 1.81. The highest BCUT2D eigenvalue weighted by Crippen LogP contribution is 2.25. The Morgan fingerprint density at radius 2 is 1.80 bits per heavy atom. The van der Waals surface area contributed by atoms with Gasteiger partial charge in [-0.3, -0.25) is 9.69 Å². The van der Waals surface area contributed by atoms with Crippen LogP contribution in [-0.2, 0) is 4.79 Å². The predicted molar refractivity (Wildman–Crippen MR) is 117 cm³/mol. The molecule has 1 amide bonds. The van der Waals surface area contributed by atoms with Crippen LogP contribution in [0, 0.1) is 5.92 Å². The van der Waals surface area contributed by atoms with Gasteiger partial charge in [-0.2, -0.15) is 0 Å². The van der Waals surface area contributed by atoms with Gasteiger partial charge in [0.05, 0.1) is 5.92 Å². The first-order valence-corrected chi connectivity index (χ1v) is 11.4. The molecule has 3 fully saturated rings. The maximum Gasteiger partial charge on any atom is 0.227 e. The van der Waals surface area contributed by atoms with Crippen molar-refractivity contribution in [3.05, 3.63) is 24.5 Å². The molecule has 2 aromatic heterocycles. The van der Waals surface area contributed by atoms with Crippen LogP contribution < -0.4 is 4.90 Å². The van der Waals surface area contributed by atoms with Crippen molar-refractivity contribution >= 4 is 17.4 Å². The van der Waals surface area contributed by atoms with Gasteiger partial charge in [-0.25, -0.2) is 9.50 Å². The second-order valence-corrected chi connectivity index (χ2v) is 9.10. The predicted octanol–water partition coefficient (Wildman–Crippen LogP) is 1.18. The van der Waals surface area contributed by atoms with E-state index >= 15 is 0 Å². The van der Waals surface area contributed by atoms with Crippen LogP contribution in [-0.4, -0.2) is 101 Å². The van der Waals surface area contributed by atoms with E-state index < -0.39 is 0 Å². The first-order chi connectivity index (χ1) is 14.7. The molecule has 0 aromatic carbocycles. The third-order valence-corrected chi connectivity index (χ3v) is 7.16. The summed E-state index contributed by atoms with van der Waals surface area (Å²) in [7, 11) is 2.21. The van der Waals surface area contributed by atoms with E-state index in [1.807, 2.05) is 22.8 Å². The van der Waals surface area contributed by atoms with E-state index in [9.17, 15) is 4.79 Å². The number of amides is 1. The van der Waals surface area contributed by atoms with E-state index in [-0.39, 0.29) is 5.92 Å². The molecular formula is C22H33N7O. The van der Waals surface area contributed by atoms with Crippen LogP contribution in [0.4, 0.5) is 5.82 Å². The Balaban J connectivity index is 1.16. The fraction of sp³-hybridized carbons (Fsp3) is 0.682. The third kappa shape index (κ3) is 4.03. The van der Waals surface area contributed by atoms with E-state index in [0.29, 0.717) is 11.9 Å². The van der Waals surface area contributed by atoms with Gasteiger partial charge in [0, 0.05) is 51.2 Å². The number of carbonyl (C=O) groups is 1. The fourth-order valence-corrected chi connectivity index (χ4v) is 5.29. The van der Waals surface area contributed by atoms with Crippen LogP contribution in [0.5, 0.6) is 0 Å². The summed E-state index contributed by atoms with van der Waals surface area (Å²) in [6.07, 6.45) is 8.31. The molecule has 5 heterocycles. The number of anilines is 1. The molecule has 0 aliphatic carbocycles. The summed E-state index contributed by atoms with van der Waals surface area (Å²) in [5.74, 6) is 1.49. The molecule has 3 aliphatic rings. The van der Waals surface area contributed by atoms with Gasteiger partial charge in [0.1, 0.15) is 5.82 Å². The molecule has 2 aromatic rings. The first kappa shape index (κ1) is 19.8. The molecule has 0 saturated carbocycles. The van der Waals surface area contributed by atoms with E-state index in [0.717, 1.165) is 63.6 Å². The van der Waals surface area contributed by atoms with Crippen molar-refractivity contribution in [1.82, 2.24) is 29.3 Å². The molecule has 3 saturated heterocycles. The van der Waals surface area contributed by atoms with E-state index in [4.69, 9.17) is 0 Å². The highest BCUT2D eigenvalue weighted by molar-refractivity contribution is 5.79. The number of hydrogen-bond donors (Lipinski definition) is 0. The SMILES string of the molecule is CN1CCC(N2CCCC(C(=O)N3CCN(c4ccc5nccn5n4)CC3)C2)CC1. The summed E-state index contributed by atoms with van der Waals surface area (Å²) in [5.41, 5.74) is 0.860. The molecule has 0 radical (unpaired) electrons. The van der Waals surface area contributed by atoms with Crippen LogP contribution in [0.1, 0.15) is 25.7 Å². The lowest BCUT2D eigenvalue weighted by atomic mass is 9.92. The van der Waals surface area contributed by atoms with Crippen molar-refractivity contribution < 1.29 is 4.79 Å². The Hall–Kier alpha value is -2.19. The molecule has 1 atom stereocenters. The Morgan fingerprint density at radius 3 is 2.60 bits per heavy atom. The topological polar surface area (TPSA) is 60.2 Å². The molecule has 3 aliphatic heterocycles. The summed E-state index contributed by atoms with van der Waals surface area (Å²) in [6, 6.07) is 4.69. The fourth-order valence-electron chi connectivity index (χ4n) is 5.29. The van der Waals surface area contributed by atoms with Crippen LogP contribution in [0.25, 0.3) is 5.65 Å². The average molecular weight is 412 g/mol. The van der Waals surface area contributed by atoms with E-state index in [1.54, 1.807) is 6.20 Å². The Kier molecular flexibility index (Phi) is 5.60. The Bertz CT molecular complexity index is 867. The zero-order valence-electron chi connectivity index (χ0n) is 18.0. The molecule has 0 spiro atoms. The number of likely N-dealkylation sites (tertiary alicyclic amines) is 2. The summed E-state index contributed by atoms with van der Waals surface area (Å²) >= 11 is 0. The number of rotatable bonds is 3. The standard InChI is InChI=1S/C22H33N7O/c1-25-10-6-19(7-11-25)28-9-2-3-18(17-28)22(30)27-15-13-26(14-16-27)21-5-4-20-23-8-12-29(20)24-21/h4-5,8,12,18-19H,2-3,6-7,9-11,13-17H2,1H3. The molecule has 8 nitrogen and oxygen atoms in total. The molecular weight excluding hydrogens is 378 g/mol. The normalized spacial score (nSPS) is 25.2. The van der Waals surface area contributed by atoms with Gasteiger partial charge < -0.3 is 14.7 Å². The monoisotopic (exact) mass is 411 g/mol. The second-order valence-electron chi connectivity index (χ2n) is 9.10. The lowest BCUT2D eigenvalue weighted by Crippen LogP contribution is -2.54. The van der Waals surface area contributed by atoms with Gasteiger partial charge in [-0.1, -0.05) is 0 Å². The smallest absolute Gasteiger partial charge is 0.227 e. The van der Waals surface area contributed by atoms with Crippen molar-refractivity contribution in [3.63, 3.8) is 0 Å². The maximum absolute atomic E-state index is 13.3. The molecule has 30 heavy (non-hydrogen) atoms. The van der Waals surface area contributed by atoms with Crippen LogP contribution in [0.2, 0.25) is 0 Å². The lowest BCUT2D eigenvalue weighted by Gasteiger charge is -2.43. The summed E-state index contributed by atoms with van der Waals surface area (Å²) in [4.78, 5) is 26.9. The maximum atomic E-state index is 13.3. The highest BCUT2D eigenvalue weighted by atomic mass is 16.2. The minimum atomic E-state index is 0.172. The Labute approximate surface area is 178 Å². The highest BCUT2D eigenvalue weighted by Gasteiger charge is 2.34. The van der Waals surface area contributed by atoms with Gasteiger partial charge >= 0.3 is 0 Å². The molecule has 0 N–H and O–H groups in total. The zero-order chi connectivity index (χ0) is 20.5. The molecule has 8 heteroatoms. The molecule has 5 rings (SSSR count). The largest absolute Gasteiger partial charge is 0.352 e. The average Bonchev–Trinajstić information content (AvgIpc) is 3.27. The summed E-state index contributed by atoms with van der Waals surface area (Å²) in [5, 5.41) is 4.65. The number of carbonyl (C=O) groups excluding carboxylic acids is 1. The molecule has 162 valence electrons. The molecule has 0 bridgehead atoms. The van der Waals surface area contributed by atoms with E-state index in [1.165, 1.54) is 25.9 Å². The van der Waals surface area contributed by atoms with Crippen molar-refractivity contribution in [2.24, 2.45) is 5.92 Å².